The van der Waals surface area contributed by atoms with Crippen molar-refractivity contribution in [2.45, 2.75) is 76.6 Å². The van der Waals surface area contributed by atoms with Gasteiger partial charge in [-0.25, -0.2) is 0 Å². The lowest BCUT2D eigenvalue weighted by atomic mass is 9.77. The van der Waals surface area contributed by atoms with Crippen molar-refractivity contribution in [3.8, 4) is 28.4 Å². The number of carboxylic acids is 1. The van der Waals surface area contributed by atoms with Crippen molar-refractivity contribution < 1.29 is 34.3 Å². The molecule has 1 saturated carbocycles. The number of fused-ring (bicyclic) bond motifs is 1. The minimum atomic E-state index is -0.914. The molecule has 0 radical (unpaired) electrons. The minimum absolute atomic E-state index is 0.0539. The molecule has 1 aliphatic heterocycles. The Bertz CT molecular complexity index is 1360. The fraction of sp³-hybridized carbons (Fsp3) is 0.424. The van der Waals surface area contributed by atoms with Gasteiger partial charge in [0.05, 0.1) is 24.2 Å². The fourth-order valence-corrected chi connectivity index (χ4v) is 5.79. The third-order valence-electron chi connectivity index (χ3n) is 8.18. The molecule has 212 valence electrons. The van der Waals surface area contributed by atoms with Gasteiger partial charge in [0.25, 0.3) is 0 Å². The molecular formula is C33H38O7. The van der Waals surface area contributed by atoms with E-state index in [0.29, 0.717) is 50.4 Å². The number of aliphatic hydroxyl groups is 2. The second-order valence-electron chi connectivity index (χ2n) is 11.7. The van der Waals surface area contributed by atoms with Crippen molar-refractivity contribution in [3.05, 3.63) is 76.9 Å². The van der Waals surface area contributed by atoms with Gasteiger partial charge >= 0.3 is 5.97 Å². The van der Waals surface area contributed by atoms with E-state index in [1.165, 1.54) is 0 Å². The molecule has 0 bridgehead atoms. The summed E-state index contributed by atoms with van der Waals surface area (Å²) in [6, 6.07) is 17.9. The lowest BCUT2D eigenvalue weighted by Crippen LogP contribution is -2.44. The van der Waals surface area contributed by atoms with E-state index in [9.17, 15) is 15.0 Å². The number of benzene rings is 3. The van der Waals surface area contributed by atoms with Crippen LogP contribution in [0.3, 0.4) is 0 Å². The molecular weight excluding hydrogens is 508 g/mol. The van der Waals surface area contributed by atoms with Crippen molar-refractivity contribution in [1.29, 1.82) is 0 Å². The standard InChI is InChI=1S/C33H38O7/c1-21-13-27(40-20-33(37)11-9-32(3,36)10-12-33)14-22(2)31(21)24-6-4-5-23(15-24)18-38-26-7-8-28-25(16-30(34)35)19-39-29(28)17-26/h4-8,13-15,17,25,36-37H,9-12,16,18-20H2,1-3H3,(H,34,35). The molecule has 0 spiro atoms. The first-order valence-corrected chi connectivity index (χ1v) is 13.9. The van der Waals surface area contributed by atoms with E-state index in [1.54, 1.807) is 0 Å². The van der Waals surface area contributed by atoms with Gasteiger partial charge in [0.2, 0.25) is 0 Å². The van der Waals surface area contributed by atoms with E-state index >= 15 is 0 Å². The molecule has 1 heterocycles. The highest BCUT2D eigenvalue weighted by atomic mass is 16.5. The summed E-state index contributed by atoms with van der Waals surface area (Å²) in [5.41, 5.74) is 4.71. The zero-order valence-corrected chi connectivity index (χ0v) is 23.4. The van der Waals surface area contributed by atoms with E-state index < -0.39 is 17.2 Å². The van der Waals surface area contributed by atoms with Crippen molar-refractivity contribution >= 4 is 5.97 Å². The van der Waals surface area contributed by atoms with Gasteiger partial charge in [-0.1, -0.05) is 24.3 Å². The molecule has 3 N–H and O–H groups in total. The average Bonchev–Trinajstić information content (AvgIpc) is 3.29. The quantitative estimate of drug-likeness (QED) is 0.305. The summed E-state index contributed by atoms with van der Waals surface area (Å²) in [4.78, 5) is 11.1. The molecule has 1 unspecified atom stereocenters. The van der Waals surface area contributed by atoms with Crippen LogP contribution in [0.5, 0.6) is 17.2 Å². The van der Waals surface area contributed by atoms with Crippen LogP contribution in [-0.4, -0.2) is 45.7 Å². The van der Waals surface area contributed by atoms with Crippen LogP contribution in [0, 0.1) is 13.8 Å². The van der Waals surface area contributed by atoms with Crippen molar-refractivity contribution in [1.82, 2.24) is 0 Å². The Morgan fingerprint density at radius 2 is 1.68 bits per heavy atom. The predicted molar refractivity (Wildman–Crippen MR) is 152 cm³/mol. The largest absolute Gasteiger partial charge is 0.492 e. The number of ether oxygens (including phenoxy) is 3. The number of carbonyl (C=O) groups is 1. The van der Waals surface area contributed by atoms with Crippen molar-refractivity contribution in [2.24, 2.45) is 0 Å². The zero-order chi connectivity index (χ0) is 28.5. The topological polar surface area (TPSA) is 105 Å². The third kappa shape index (κ3) is 6.43. The number of rotatable bonds is 9. The summed E-state index contributed by atoms with van der Waals surface area (Å²) in [6.07, 6.45) is 2.23. The first-order chi connectivity index (χ1) is 19.0. The van der Waals surface area contributed by atoms with E-state index in [0.717, 1.165) is 39.1 Å². The molecule has 1 aliphatic carbocycles. The van der Waals surface area contributed by atoms with Gasteiger partial charge in [0.1, 0.15) is 30.5 Å². The van der Waals surface area contributed by atoms with Gasteiger partial charge in [0.15, 0.2) is 0 Å². The Balaban J connectivity index is 1.24. The van der Waals surface area contributed by atoms with Crippen LogP contribution in [0.2, 0.25) is 0 Å². The van der Waals surface area contributed by atoms with Crippen LogP contribution in [0.15, 0.2) is 54.6 Å². The van der Waals surface area contributed by atoms with E-state index in [1.807, 2.05) is 49.4 Å². The number of aliphatic carboxylic acids is 1. The van der Waals surface area contributed by atoms with E-state index in [4.69, 9.17) is 19.3 Å². The summed E-state index contributed by atoms with van der Waals surface area (Å²) in [5, 5.41) is 30.2. The molecule has 0 aromatic heterocycles. The Hall–Kier alpha value is -3.55. The van der Waals surface area contributed by atoms with Crippen molar-refractivity contribution in [2.75, 3.05) is 13.2 Å². The molecule has 0 amide bonds. The number of aryl methyl sites for hydroxylation is 2. The molecule has 1 atom stereocenters. The van der Waals surface area contributed by atoms with Crippen LogP contribution in [0.1, 0.15) is 67.2 Å². The molecule has 2 aliphatic rings. The molecule has 40 heavy (non-hydrogen) atoms. The molecule has 1 fully saturated rings. The number of carboxylic acid groups (broad SMARTS) is 1. The lowest BCUT2D eigenvalue weighted by Gasteiger charge is -2.38. The molecule has 7 heteroatoms. The van der Waals surface area contributed by atoms with Crippen LogP contribution in [-0.2, 0) is 11.4 Å². The molecule has 7 nitrogen and oxygen atoms in total. The maximum absolute atomic E-state index is 11.1. The highest BCUT2D eigenvalue weighted by Gasteiger charge is 2.38. The van der Waals surface area contributed by atoms with Gasteiger partial charge < -0.3 is 29.5 Å². The molecule has 0 saturated heterocycles. The minimum Gasteiger partial charge on any atom is -0.492 e. The van der Waals surface area contributed by atoms with E-state index in [2.05, 4.69) is 26.0 Å². The van der Waals surface area contributed by atoms with Crippen LogP contribution in [0.4, 0.5) is 0 Å². The first kappa shape index (κ1) is 28.0. The smallest absolute Gasteiger partial charge is 0.304 e. The van der Waals surface area contributed by atoms with Gasteiger partial charge in [-0.3, -0.25) is 4.79 Å². The second kappa shape index (κ2) is 11.1. The van der Waals surface area contributed by atoms with Crippen LogP contribution < -0.4 is 14.2 Å². The first-order valence-electron chi connectivity index (χ1n) is 13.9. The van der Waals surface area contributed by atoms with Gasteiger partial charge in [-0.15, -0.1) is 0 Å². The highest BCUT2D eigenvalue weighted by molar-refractivity contribution is 5.72. The highest BCUT2D eigenvalue weighted by Crippen LogP contribution is 2.39. The number of hydrogen-bond acceptors (Lipinski definition) is 6. The summed E-state index contributed by atoms with van der Waals surface area (Å²) < 4.78 is 17.8. The Morgan fingerprint density at radius 1 is 0.950 bits per heavy atom. The summed E-state index contributed by atoms with van der Waals surface area (Å²) >= 11 is 0. The van der Waals surface area contributed by atoms with Gasteiger partial charge in [-0.05, 0) is 98.5 Å². The maximum atomic E-state index is 11.1. The second-order valence-corrected chi connectivity index (χ2v) is 11.7. The number of hydrogen-bond donors (Lipinski definition) is 3. The Kier molecular flexibility index (Phi) is 7.80. The predicted octanol–water partition coefficient (Wildman–Crippen LogP) is 5.94. The van der Waals surface area contributed by atoms with Crippen LogP contribution in [0.25, 0.3) is 11.1 Å². The summed E-state index contributed by atoms with van der Waals surface area (Å²) in [7, 11) is 0. The Morgan fingerprint density at radius 3 is 2.38 bits per heavy atom. The van der Waals surface area contributed by atoms with Crippen molar-refractivity contribution in [3.63, 3.8) is 0 Å². The Labute approximate surface area is 235 Å². The van der Waals surface area contributed by atoms with E-state index in [-0.39, 0.29) is 18.9 Å². The molecule has 3 aromatic rings. The summed E-state index contributed by atoms with van der Waals surface area (Å²) in [5.74, 6) is 1.14. The molecule has 3 aromatic carbocycles. The summed E-state index contributed by atoms with van der Waals surface area (Å²) in [6.45, 7) is 6.92. The van der Waals surface area contributed by atoms with Gasteiger partial charge in [-0.2, -0.15) is 0 Å². The zero-order valence-electron chi connectivity index (χ0n) is 23.4. The third-order valence-corrected chi connectivity index (χ3v) is 8.18. The fourth-order valence-electron chi connectivity index (χ4n) is 5.79. The maximum Gasteiger partial charge on any atom is 0.304 e. The normalized spacial score (nSPS) is 23.8. The molecule has 5 rings (SSSR count). The monoisotopic (exact) mass is 546 g/mol. The van der Waals surface area contributed by atoms with Gasteiger partial charge in [0, 0.05) is 17.5 Å². The SMILES string of the molecule is Cc1cc(OCC2(O)CCC(C)(O)CC2)cc(C)c1-c1cccc(COc2ccc3c(c2)OCC3CC(=O)O)c1. The van der Waals surface area contributed by atoms with Crippen LogP contribution >= 0.6 is 0 Å². The lowest BCUT2D eigenvalue weighted by molar-refractivity contribution is -0.137. The average molecular weight is 547 g/mol.